The molecule has 0 aliphatic heterocycles. The first kappa shape index (κ1) is 25.5. The molecule has 0 N–H and O–H groups in total. The smallest absolute Gasteiger partial charge is 0.306 e. The predicted molar refractivity (Wildman–Crippen MR) is 141 cm³/mol. The number of ether oxygens (including phenoxy) is 1. The third-order valence-electron chi connectivity index (χ3n) is 11.9. The van der Waals surface area contributed by atoms with E-state index in [-0.39, 0.29) is 22.4 Å². The number of carbonyl (C=O) groups excluding carboxylic acids is 2. The van der Waals surface area contributed by atoms with Crippen LogP contribution in [0.1, 0.15) is 136 Å². The number of ketones is 1. The van der Waals surface area contributed by atoms with Crippen molar-refractivity contribution in [2.24, 2.45) is 34.5 Å². The Labute approximate surface area is 214 Å². The fraction of sp³-hybridized carbons (Fsp3) is 0.875. The monoisotopic (exact) mass is 482 g/mol. The molecule has 0 unspecified atom stereocenters. The summed E-state index contributed by atoms with van der Waals surface area (Å²) in [4.78, 5) is 25.4. The van der Waals surface area contributed by atoms with Crippen molar-refractivity contribution in [3.8, 4) is 0 Å². The predicted octanol–water partition coefficient (Wildman–Crippen LogP) is 8.35. The Kier molecular flexibility index (Phi) is 7.27. The number of fused-ring (bicyclic) bond motifs is 5. The van der Waals surface area contributed by atoms with Gasteiger partial charge in [-0.2, -0.15) is 0 Å². The highest BCUT2D eigenvalue weighted by Gasteiger charge is 2.65. The van der Waals surface area contributed by atoms with Crippen molar-refractivity contribution in [3.05, 3.63) is 11.6 Å². The van der Waals surface area contributed by atoms with Gasteiger partial charge in [0.1, 0.15) is 5.60 Å². The summed E-state index contributed by atoms with van der Waals surface area (Å²) in [5.74, 6) is 3.31. The minimum Gasteiger partial charge on any atom is -0.458 e. The van der Waals surface area contributed by atoms with E-state index < -0.39 is 0 Å². The molecule has 0 amide bonds. The molecule has 3 heteroatoms. The normalized spacial score (nSPS) is 41.5. The van der Waals surface area contributed by atoms with Crippen molar-refractivity contribution < 1.29 is 14.3 Å². The topological polar surface area (TPSA) is 43.4 Å². The maximum Gasteiger partial charge on any atom is 0.306 e. The highest BCUT2D eigenvalue weighted by Crippen LogP contribution is 2.69. The first-order chi connectivity index (χ1) is 16.8. The van der Waals surface area contributed by atoms with E-state index in [0.717, 1.165) is 50.9 Å². The second-order valence-electron chi connectivity index (χ2n) is 13.6. The Balaban J connectivity index is 1.28. The van der Waals surface area contributed by atoms with Crippen LogP contribution < -0.4 is 0 Å². The van der Waals surface area contributed by atoms with Crippen LogP contribution in [-0.4, -0.2) is 17.4 Å². The summed E-state index contributed by atoms with van der Waals surface area (Å²) in [6, 6.07) is 0. The number of hydrogen-bond donors (Lipinski definition) is 0. The molecule has 5 aliphatic carbocycles. The zero-order valence-corrected chi connectivity index (χ0v) is 22.8. The van der Waals surface area contributed by atoms with E-state index in [9.17, 15) is 9.59 Å². The summed E-state index contributed by atoms with van der Waals surface area (Å²) in [5.41, 5.74) is 1.49. The van der Waals surface area contributed by atoms with Gasteiger partial charge in [0.2, 0.25) is 0 Å². The Morgan fingerprint density at radius 1 is 0.971 bits per heavy atom. The number of carbonyl (C=O) groups is 2. The van der Waals surface area contributed by atoms with Crippen LogP contribution in [0.3, 0.4) is 0 Å². The summed E-state index contributed by atoms with van der Waals surface area (Å²) in [6.07, 6.45) is 22.5. The van der Waals surface area contributed by atoms with Gasteiger partial charge in [-0.15, -0.1) is 0 Å². The summed E-state index contributed by atoms with van der Waals surface area (Å²) in [6.45, 7) is 7.22. The molecule has 35 heavy (non-hydrogen) atoms. The Morgan fingerprint density at radius 2 is 1.74 bits per heavy atom. The van der Waals surface area contributed by atoms with Gasteiger partial charge in [-0.3, -0.25) is 9.59 Å². The number of esters is 1. The molecule has 0 radical (unpaired) electrons. The molecule has 4 saturated carbocycles. The van der Waals surface area contributed by atoms with Crippen molar-refractivity contribution in [3.63, 3.8) is 0 Å². The van der Waals surface area contributed by atoms with E-state index in [2.05, 4.69) is 20.8 Å². The second-order valence-corrected chi connectivity index (χ2v) is 13.6. The van der Waals surface area contributed by atoms with E-state index in [1.807, 2.05) is 6.08 Å². The highest BCUT2D eigenvalue weighted by atomic mass is 16.6. The van der Waals surface area contributed by atoms with Gasteiger partial charge in [0.15, 0.2) is 5.78 Å². The zero-order chi connectivity index (χ0) is 24.7. The molecule has 0 aromatic carbocycles. The molecule has 3 nitrogen and oxygen atoms in total. The largest absolute Gasteiger partial charge is 0.458 e. The van der Waals surface area contributed by atoms with Crippen LogP contribution in [0.2, 0.25) is 0 Å². The van der Waals surface area contributed by atoms with Crippen molar-refractivity contribution in [2.75, 3.05) is 0 Å². The minimum atomic E-state index is -0.265. The Bertz CT molecular complexity index is 838. The van der Waals surface area contributed by atoms with Gasteiger partial charge < -0.3 is 4.74 Å². The van der Waals surface area contributed by atoms with E-state index in [1.165, 1.54) is 69.8 Å². The average Bonchev–Trinajstić information content (AvgIpc) is 3.12. The quantitative estimate of drug-likeness (QED) is 0.342. The van der Waals surface area contributed by atoms with E-state index in [1.54, 1.807) is 0 Å². The lowest BCUT2D eigenvalue weighted by molar-refractivity contribution is -0.186. The molecular formula is C32H50O3. The maximum atomic E-state index is 13.2. The first-order valence-electron chi connectivity index (χ1n) is 15.3. The summed E-state index contributed by atoms with van der Waals surface area (Å²) < 4.78 is 6.63. The third kappa shape index (κ3) is 4.46. The van der Waals surface area contributed by atoms with Crippen LogP contribution in [0.4, 0.5) is 0 Å². The van der Waals surface area contributed by atoms with Gasteiger partial charge in [-0.1, -0.05) is 64.9 Å². The third-order valence-corrected chi connectivity index (χ3v) is 11.9. The molecule has 0 bridgehead atoms. The molecule has 0 heterocycles. The van der Waals surface area contributed by atoms with Crippen LogP contribution in [0.15, 0.2) is 11.6 Å². The van der Waals surface area contributed by atoms with Gasteiger partial charge in [-0.05, 0) is 99.4 Å². The molecule has 0 aromatic rings. The van der Waals surface area contributed by atoms with Crippen LogP contribution in [0, 0.1) is 34.5 Å². The summed E-state index contributed by atoms with van der Waals surface area (Å²) >= 11 is 0. The zero-order valence-electron chi connectivity index (χ0n) is 22.8. The minimum absolute atomic E-state index is 0.0740. The van der Waals surface area contributed by atoms with Crippen molar-refractivity contribution in [1.29, 1.82) is 0 Å². The van der Waals surface area contributed by atoms with Crippen LogP contribution in [-0.2, 0) is 14.3 Å². The van der Waals surface area contributed by atoms with Gasteiger partial charge >= 0.3 is 5.97 Å². The highest BCUT2D eigenvalue weighted by molar-refractivity contribution is 5.91. The first-order valence-corrected chi connectivity index (χ1v) is 15.3. The number of allylic oxidation sites excluding steroid dienone is 1. The van der Waals surface area contributed by atoms with Crippen LogP contribution in [0.5, 0.6) is 0 Å². The number of rotatable bonds is 7. The van der Waals surface area contributed by atoms with Crippen LogP contribution in [0.25, 0.3) is 0 Å². The van der Waals surface area contributed by atoms with Crippen LogP contribution >= 0.6 is 0 Å². The van der Waals surface area contributed by atoms with Gasteiger partial charge in [0, 0.05) is 18.3 Å². The fourth-order valence-corrected chi connectivity index (χ4v) is 9.96. The Morgan fingerprint density at radius 3 is 2.51 bits per heavy atom. The lowest BCUT2D eigenvalue weighted by Gasteiger charge is -2.59. The standard InChI is InChI=1S/C32H50O3/c1-4-18-32(35-29(34)12-8-11-23-9-6-5-7-10-23)21-17-28-26-14-13-24-22-25(33)15-19-30(24,2)27(26)16-20-31(28,32)3/h22-23,26-28H,4-21H2,1-3H3/t26-,27+,28+,30+,31+,32+/m1/s1. The number of hydrogen-bond acceptors (Lipinski definition) is 3. The van der Waals surface area contributed by atoms with Gasteiger partial charge in [0.25, 0.3) is 0 Å². The second kappa shape index (κ2) is 9.97. The van der Waals surface area contributed by atoms with Crippen molar-refractivity contribution >= 4 is 11.8 Å². The van der Waals surface area contributed by atoms with E-state index >= 15 is 0 Å². The lowest BCUT2D eigenvalue weighted by atomic mass is 9.46. The molecule has 0 saturated heterocycles. The average molecular weight is 483 g/mol. The molecule has 4 fully saturated rings. The van der Waals surface area contributed by atoms with Gasteiger partial charge in [0.05, 0.1) is 0 Å². The SMILES string of the molecule is CCC[C@]1(OC(=O)CCCC2CCCCC2)CC[C@H]2[C@@H]3CCC4=CC(=O)CC[C@]4(C)[C@H]3CC[C@@]21C. The Hall–Kier alpha value is -1.12. The lowest BCUT2D eigenvalue weighted by Crippen LogP contribution is -2.56. The molecule has 6 atom stereocenters. The molecule has 196 valence electrons. The molecule has 0 spiro atoms. The maximum absolute atomic E-state index is 13.2. The van der Waals surface area contributed by atoms with Gasteiger partial charge in [-0.25, -0.2) is 0 Å². The molecule has 5 rings (SSSR count). The molecular weight excluding hydrogens is 432 g/mol. The molecule has 5 aliphatic rings. The van der Waals surface area contributed by atoms with Crippen molar-refractivity contribution in [2.45, 2.75) is 142 Å². The van der Waals surface area contributed by atoms with Crippen molar-refractivity contribution in [1.82, 2.24) is 0 Å². The fourth-order valence-electron chi connectivity index (χ4n) is 9.96. The molecule has 0 aromatic heterocycles. The summed E-state index contributed by atoms with van der Waals surface area (Å²) in [5, 5.41) is 0. The van der Waals surface area contributed by atoms with E-state index in [0.29, 0.717) is 30.0 Å². The summed E-state index contributed by atoms with van der Waals surface area (Å²) in [7, 11) is 0. The van der Waals surface area contributed by atoms with E-state index in [4.69, 9.17) is 4.74 Å².